The summed E-state index contributed by atoms with van der Waals surface area (Å²) in [6.45, 7) is 4.64. The van der Waals surface area contributed by atoms with E-state index >= 15 is 0 Å². The van der Waals surface area contributed by atoms with Crippen molar-refractivity contribution in [2.24, 2.45) is 28.6 Å². The van der Waals surface area contributed by atoms with E-state index in [9.17, 15) is 9.59 Å². The summed E-state index contributed by atoms with van der Waals surface area (Å²) in [6.07, 6.45) is 10.2. The van der Waals surface area contributed by atoms with E-state index in [1.54, 1.807) is 0 Å². The zero-order chi connectivity index (χ0) is 14.8. The van der Waals surface area contributed by atoms with Crippen LogP contribution in [0.1, 0.15) is 65.2 Å². The van der Waals surface area contributed by atoms with E-state index in [2.05, 4.69) is 13.8 Å². The molecule has 22 heavy (non-hydrogen) atoms. The van der Waals surface area contributed by atoms with Crippen LogP contribution in [0.25, 0.3) is 0 Å². The molecule has 0 bridgehead atoms. The van der Waals surface area contributed by atoms with Crippen molar-refractivity contribution < 1.29 is 9.59 Å². The van der Waals surface area contributed by atoms with E-state index in [0.29, 0.717) is 29.3 Å². The Hall–Kier alpha value is -0.630. The summed E-state index contributed by atoms with van der Waals surface area (Å²) in [6, 6.07) is 0. The van der Waals surface area contributed by atoms with Crippen LogP contribution >= 0.6 is 12.4 Å². The Bertz CT molecular complexity index is 552. The van der Waals surface area contributed by atoms with Gasteiger partial charge in [-0.2, -0.15) is 0 Å². The van der Waals surface area contributed by atoms with Crippen LogP contribution in [-0.2, 0) is 9.59 Å². The Morgan fingerprint density at radius 1 is 0.909 bits per heavy atom. The average molecular weight is 323 g/mol. The second-order valence-corrected chi connectivity index (χ2v) is 8.39. The Morgan fingerprint density at radius 2 is 1.64 bits per heavy atom. The molecule has 0 amide bonds. The topological polar surface area (TPSA) is 34.1 Å². The third kappa shape index (κ3) is 1.99. The standard InChI is InChI=1S/C19H26O2.ClH/c1-18-9-7-13(20)11-12(18)3-4-14-15-5-6-17(21)19(15,2)10-8-16(14)18;/h11,14-16H,3-10H2,1-2H3;1H/t14-,15-,16-,18-,19-;/m0./s1. The van der Waals surface area contributed by atoms with Gasteiger partial charge in [0.1, 0.15) is 5.78 Å². The van der Waals surface area contributed by atoms with Crippen molar-refractivity contribution in [1.82, 2.24) is 0 Å². The minimum absolute atomic E-state index is 0. The van der Waals surface area contributed by atoms with Gasteiger partial charge in [-0.3, -0.25) is 9.59 Å². The van der Waals surface area contributed by atoms with Gasteiger partial charge in [-0.05, 0) is 67.8 Å². The van der Waals surface area contributed by atoms with Crippen LogP contribution in [-0.4, -0.2) is 11.6 Å². The lowest BCUT2D eigenvalue weighted by atomic mass is 9.47. The van der Waals surface area contributed by atoms with Crippen molar-refractivity contribution in [3.8, 4) is 0 Å². The molecule has 0 heterocycles. The van der Waals surface area contributed by atoms with Crippen molar-refractivity contribution in [3.63, 3.8) is 0 Å². The fraction of sp³-hybridized carbons (Fsp3) is 0.789. The van der Waals surface area contributed by atoms with E-state index in [4.69, 9.17) is 0 Å². The molecule has 0 aliphatic heterocycles. The third-order valence-electron chi connectivity index (χ3n) is 7.67. The van der Waals surface area contributed by atoms with Gasteiger partial charge in [0.05, 0.1) is 0 Å². The van der Waals surface area contributed by atoms with Gasteiger partial charge in [0.25, 0.3) is 0 Å². The van der Waals surface area contributed by atoms with Gasteiger partial charge < -0.3 is 0 Å². The molecule has 3 fully saturated rings. The van der Waals surface area contributed by atoms with E-state index < -0.39 is 0 Å². The monoisotopic (exact) mass is 322 g/mol. The lowest BCUT2D eigenvalue weighted by Gasteiger charge is -2.56. The average Bonchev–Trinajstić information content (AvgIpc) is 2.76. The van der Waals surface area contributed by atoms with Crippen LogP contribution < -0.4 is 0 Å². The molecule has 4 aliphatic carbocycles. The maximum atomic E-state index is 12.4. The van der Waals surface area contributed by atoms with Crippen molar-refractivity contribution >= 4 is 24.0 Å². The molecule has 5 atom stereocenters. The molecule has 122 valence electrons. The van der Waals surface area contributed by atoms with Gasteiger partial charge in [0.2, 0.25) is 0 Å². The lowest BCUT2D eigenvalue weighted by molar-refractivity contribution is -0.132. The summed E-state index contributed by atoms with van der Waals surface area (Å²) >= 11 is 0. The first-order chi connectivity index (χ1) is 9.95. The minimum Gasteiger partial charge on any atom is -0.299 e. The number of hydrogen-bond acceptors (Lipinski definition) is 2. The van der Waals surface area contributed by atoms with Crippen molar-refractivity contribution in [1.29, 1.82) is 0 Å². The maximum Gasteiger partial charge on any atom is 0.155 e. The summed E-state index contributed by atoms with van der Waals surface area (Å²) in [5, 5.41) is 0. The third-order valence-corrected chi connectivity index (χ3v) is 7.67. The quantitative estimate of drug-likeness (QED) is 0.657. The molecular weight excluding hydrogens is 296 g/mol. The molecule has 0 saturated heterocycles. The summed E-state index contributed by atoms with van der Waals surface area (Å²) in [5.41, 5.74) is 1.64. The second-order valence-electron chi connectivity index (χ2n) is 8.39. The number of Topliss-reactive ketones (excluding diaryl/α,β-unsaturated/α-hetero) is 1. The molecule has 0 aromatic carbocycles. The van der Waals surface area contributed by atoms with E-state index in [-0.39, 0.29) is 23.2 Å². The molecule has 0 aromatic heterocycles. The van der Waals surface area contributed by atoms with Crippen molar-refractivity contribution in [2.75, 3.05) is 0 Å². The first kappa shape index (κ1) is 16.2. The predicted octanol–water partition coefficient (Wildman–Crippen LogP) is 4.51. The van der Waals surface area contributed by atoms with Gasteiger partial charge in [-0.1, -0.05) is 19.4 Å². The highest BCUT2D eigenvalue weighted by molar-refractivity contribution is 5.91. The highest BCUT2D eigenvalue weighted by Crippen LogP contribution is 2.64. The first-order valence-electron chi connectivity index (χ1n) is 8.72. The van der Waals surface area contributed by atoms with Gasteiger partial charge in [0, 0.05) is 18.3 Å². The Labute approximate surface area is 139 Å². The molecule has 2 nitrogen and oxygen atoms in total. The maximum absolute atomic E-state index is 12.4. The predicted molar refractivity (Wildman–Crippen MR) is 89.0 cm³/mol. The number of halogens is 1. The summed E-state index contributed by atoms with van der Waals surface area (Å²) in [7, 11) is 0. The van der Waals surface area contributed by atoms with E-state index in [1.165, 1.54) is 18.4 Å². The van der Waals surface area contributed by atoms with E-state index in [1.807, 2.05) is 6.08 Å². The van der Waals surface area contributed by atoms with Gasteiger partial charge in [0.15, 0.2) is 5.78 Å². The van der Waals surface area contributed by atoms with Crippen LogP contribution in [0.4, 0.5) is 0 Å². The lowest BCUT2D eigenvalue weighted by Crippen LogP contribution is -2.50. The Balaban J connectivity index is 0.00000144. The van der Waals surface area contributed by atoms with E-state index in [0.717, 1.165) is 38.5 Å². The molecular formula is C19H27ClO2. The number of rotatable bonds is 0. The summed E-state index contributed by atoms with van der Waals surface area (Å²) < 4.78 is 0. The normalized spacial score (nSPS) is 47.0. The number of ketones is 2. The molecule has 4 aliphatic rings. The van der Waals surface area contributed by atoms with Crippen LogP contribution in [0.5, 0.6) is 0 Å². The fourth-order valence-corrected chi connectivity index (χ4v) is 6.33. The molecule has 0 spiro atoms. The zero-order valence-electron chi connectivity index (χ0n) is 13.7. The zero-order valence-corrected chi connectivity index (χ0v) is 14.5. The first-order valence-corrected chi connectivity index (χ1v) is 8.72. The Kier molecular flexibility index (Phi) is 3.83. The summed E-state index contributed by atoms with van der Waals surface area (Å²) in [5.74, 6) is 2.88. The van der Waals surface area contributed by atoms with Gasteiger partial charge in [-0.25, -0.2) is 0 Å². The van der Waals surface area contributed by atoms with Crippen LogP contribution in [0.15, 0.2) is 11.6 Å². The van der Waals surface area contributed by atoms with Crippen LogP contribution in [0.2, 0.25) is 0 Å². The SMILES string of the molecule is C[C@]12CCC(=O)C=C1CC[C@@H]1[C@@H]2CC[C@]2(C)C(=O)CC[C@@H]12.Cl. The number of hydrogen-bond donors (Lipinski definition) is 0. The number of allylic oxidation sites excluding steroid dienone is 1. The molecule has 0 radical (unpaired) electrons. The molecule has 0 N–H and O–H groups in total. The number of carbonyl (C=O) groups is 2. The molecule has 3 saturated carbocycles. The largest absolute Gasteiger partial charge is 0.299 e. The van der Waals surface area contributed by atoms with Crippen molar-refractivity contribution in [2.45, 2.75) is 65.2 Å². The highest BCUT2D eigenvalue weighted by Gasteiger charge is 2.58. The van der Waals surface area contributed by atoms with Gasteiger partial charge >= 0.3 is 0 Å². The summed E-state index contributed by atoms with van der Waals surface area (Å²) in [4.78, 5) is 24.1. The Morgan fingerprint density at radius 3 is 2.41 bits per heavy atom. The minimum atomic E-state index is -0.0246. The van der Waals surface area contributed by atoms with Crippen LogP contribution in [0, 0.1) is 28.6 Å². The smallest absolute Gasteiger partial charge is 0.155 e. The van der Waals surface area contributed by atoms with Gasteiger partial charge in [-0.15, -0.1) is 12.4 Å². The highest BCUT2D eigenvalue weighted by atomic mass is 35.5. The van der Waals surface area contributed by atoms with Crippen LogP contribution in [0.3, 0.4) is 0 Å². The molecule has 0 unspecified atom stereocenters. The van der Waals surface area contributed by atoms with Crippen molar-refractivity contribution in [3.05, 3.63) is 11.6 Å². The second kappa shape index (κ2) is 5.19. The fourth-order valence-electron chi connectivity index (χ4n) is 6.33. The number of carbonyl (C=O) groups excluding carboxylic acids is 2. The molecule has 3 heteroatoms. The molecule has 0 aromatic rings. The number of fused-ring (bicyclic) bond motifs is 5. The molecule has 4 rings (SSSR count).